The molecule has 1 heterocycles. The summed E-state index contributed by atoms with van der Waals surface area (Å²) in [6.45, 7) is 0.773. The van der Waals surface area contributed by atoms with Crippen LogP contribution in [0.1, 0.15) is 38.5 Å². The zero-order chi connectivity index (χ0) is 12.9. The van der Waals surface area contributed by atoms with Gasteiger partial charge in [-0.25, -0.2) is 9.97 Å². The number of ether oxygens (including phenoxy) is 1. The second kappa shape index (κ2) is 4.34. The van der Waals surface area contributed by atoms with Crippen LogP contribution in [0, 0.1) is 23.2 Å². The molecule has 5 rings (SSSR count). The molecule has 102 valence electrons. The average molecular weight is 279 g/mol. The first-order valence-electron chi connectivity index (χ1n) is 7.32. The van der Waals surface area contributed by atoms with Crippen LogP contribution in [0.25, 0.3) is 0 Å². The standard InChI is InChI=1S/C15H19ClN2O/c16-13-14(18-2-1-17-13)19-9-15-6-10-3-11(7-15)5-12(4-10)8-15/h1-2,10-12H,3-9H2. The molecule has 0 N–H and O–H groups in total. The van der Waals surface area contributed by atoms with Crippen LogP contribution in [0.2, 0.25) is 5.15 Å². The van der Waals surface area contributed by atoms with Crippen LogP contribution < -0.4 is 4.74 Å². The van der Waals surface area contributed by atoms with Crippen molar-refractivity contribution in [2.45, 2.75) is 38.5 Å². The zero-order valence-electron chi connectivity index (χ0n) is 11.0. The summed E-state index contributed by atoms with van der Waals surface area (Å²) in [5, 5.41) is 0.382. The molecule has 4 heteroatoms. The third kappa shape index (κ3) is 2.12. The van der Waals surface area contributed by atoms with Gasteiger partial charge in [0.2, 0.25) is 0 Å². The lowest BCUT2D eigenvalue weighted by Crippen LogP contribution is -2.48. The van der Waals surface area contributed by atoms with Crippen molar-refractivity contribution in [1.29, 1.82) is 0 Å². The van der Waals surface area contributed by atoms with E-state index in [1.165, 1.54) is 38.5 Å². The van der Waals surface area contributed by atoms with Gasteiger partial charge in [-0.1, -0.05) is 11.6 Å². The Labute approximate surface area is 118 Å². The van der Waals surface area contributed by atoms with Gasteiger partial charge in [-0.15, -0.1) is 0 Å². The van der Waals surface area contributed by atoms with Crippen LogP contribution in [0.15, 0.2) is 12.4 Å². The first-order chi connectivity index (χ1) is 9.22. The van der Waals surface area contributed by atoms with E-state index in [0.29, 0.717) is 16.4 Å². The van der Waals surface area contributed by atoms with E-state index in [1.807, 2.05) is 0 Å². The van der Waals surface area contributed by atoms with Crippen molar-refractivity contribution in [3.8, 4) is 5.88 Å². The first kappa shape index (κ1) is 12.0. The quantitative estimate of drug-likeness (QED) is 0.845. The molecular formula is C15H19ClN2O. The Bertz CT molecular complexity index is 456. The van der Waals surface area contributed by atoms with Crippen molar-refractivity contribution in [3.63, 3.8) is 0 Å². The molecule has 0 saturated heterocycles. The molecule has 0 spiro atoms. The summed E-state index contributed by atoms with van der Waals surface area (Å²) in [6, 6.07) is 0. The maximum atomic E-state index is 6.01. The molecule has 0 aliphatic heterocycles. The molecule has 19 heavy (non-hydrogen) atoms. The largest absolute Gasteiger partial charge is 0.475 e. The van der Waals surface area contributed by atoms with Crippen LogP contribution in [0.4, 0.5) is 0 Å². The summed E-state index contributed by atoms with van der Waals surface area (Å²) in [4.78, 5) is 8.20. The summed E-state index contributed by atoms with van der Waals surface area (Å²) in [5.41, 5.74) is 0.398. The topological polar surface area (TPSA) is 35.0 Å². The van der Waals surface area contributed by atoms with Crippen molar-refractivity contribution in [1.82, 2.24) is 9.97 Å². The Hall–Kier alpha value is -0.830. The van der Waals surface area contributed by atoms with E-state index < -0.39 is 0 Å². The van der Waals surface area contributed by atoms with Crippen LogP contribution in [0.5, 0.6) is 5.88 Å². The minimum atomic E-state index is 0.382. The predicted molar refractivity (Wildman–Crippen MR) is 73.1 cm³/mol. The lowest BCUT2D eigenvalue weighted by Gasteiger charge is -2.56. The van der Waals surface area contributed by atoms with Crippen LogP contribution in [-0.4, -0.2) is 16.6 Å². The fourth-order valence-electron chi connectivity index (χ4n) is 5.09. The number of aromatic nitrogens is 2. The number of rotatable bonds is 3. The maximum absolute atomic E-state index is 6.01. The highest BCUT2D eigenvalue weighted by molar-refractivity contribution is 6.30. The minimum absolute atomic E-state index is 0.382. The van der Waals surface area contributed by atoms with Crippen molar-refractivity contribution in [2.75, 3.05) is 6.61 Å². The normalized spacial score (nSPS) is 39.5. The van der Waals surface area contributed by atoms with Gasteiger partial charge in [0.1, 0.15) is 0 Å². The van der Waals surface area contributed by atoms with E-state index in [2.05, 4.69) is 9.97 Å². The third-order valence-electron chi connectivity index (χ3n) is 5.30. The van der Waals surface area contributed by atoms with Crippen molar-refractivity contribution >= 4 is 11.6 Å². The molecular weight excluding hydrogens is 260 g/mol. The van der Waals surface area contributed by atoms with Crippen molar-refractivity contribution in [3.05, 3.63) is 17.5 Å². The summed E-state index contributed by atoms with van der Waals surface area (Å²) in [6.07, 6.45) is 11.7. The smallest absolute Gasteiger partial charge is 0.252 e. The molecule has 4 aliphatic carbocycles. The van der Waals surface area contributed by atoms with Gasteiger partial charge in [-0.05, 0) is 56.3 Å². The molecule has 4 aliphatic rings. The van der Waals surface area contributed by atoms with Crippen molar-refractivity contribution < 1.29 is 4.74 Å². The van der Waals surface area contributed by atoms with Crippen LogP contribution in [-0.2, 0) is 0 Å². The molecule has 1 aromatic rings. The maximum Gasteiger partial charge on any atom is 0.252 e. The van der Waals surface area contributed by atoms with E-state index in [-0.39, 0.29) is 0 Å². The average Bonchev–Trinajstić information content (AvgIpc) is 2.36. The summed E-state index contributed by atoms with van der Waals surface area (Å²) < 4.78 is 5.92. The second-order valence-electron chi connectivity index (χ2n) is 6.86. The molecule has 0 amide bonds. The summed E-state index contributed by atoms with van der Waals surface area (Å²) in [7, 11) is 0. The van der Waals surface area contributed by atoms with Crippen LogP contribution in [0.3, 0.4) is 0 Å². The van der Waals surface area contributed by atoms with E-state index in [1.54, 1.807) is 12.4 Å². The highest BCUT2D eigenvalue weighted by atomic mass is 35.5. The van der Waals surface area contributed by atoms with E-state index in [4.69, 9.17) is 16.3 Å². The Balaban J connectivity index is 1.49. The lowest BCUT2D eigenvalue weighted by molar-refractivity contribution is -0.0752. The van der Waals surface area contributed by atoms with E-state index in [9.17, 15) is 0 Å². The van der Waals surface area contributed by atoms with Gasteiger partial charge >= 0.3 is 0 Å². The molecule has 1 aromatic heterocycles. The second-order valence-corrected chi connectivity index (χ2v) is 7.22. The number of hydrogen-bond acceptors (Lipinski definition) is 3. The number of nitrogens with zero attached hydrogens (tertiary/aromatic N) is 2. The van der Waals surface area contributed by atoms with Gasteiger partial charge in [0.05, 0.1) is 6.61 Å². The minimum Gasteiger partial charge on any atom is -0.475 e. The van der Waals surface area contributed by atoms with Gasteiger partial charge in [0.15, 0.2) is 5.15 Å². The Morgan fingerprint density at radius 3 is 2.21 bits per heavy atom. The van der Waals surface area contributed by atoms with E-state index >= 15 is 0 Å². The van der Waals surface area contributed by atoms with Crippen molar-refractivity contribution in [2.24, 2.45) is 23.2 Å². The Morgan fingerprint density at radius 2 is 1.63 bits per heavy atom. The van der Waals surface area contributed by atoms with Crippen LogP contribution >= 0.6 is 11.6 Å². The Morgan fingerprint density at radius 1 is 1.05 bits per heavy atom. The zero-order valence-corrected chi connectivity index (χ0v) is 11.8. The summed E-state index contributed by atoms with van der Waals surface area (Å²) >= 11 is 6.01. The third-order valence-corrected chi connectivity index (χ3v) is 5.56. The lowest BCUT2D eigenvalue weighted by atomic mass is 9.50. The molecule has 0 unspecified atom stereocenters. The molecule has 4 saturated carbocycles. The van der Waals surface area contributed by atoms with E-state index in [0.717, 1.165) is 24.4 Å². The highest BCUT2D eigenvalue weighted by Gasteiger charge is 2.51. The highest BCUT2D eigenvalue weighted by Crippen LogP contribution is 2.60. The SMILES string of the molecule is Clc1nccnc1OCC12CC3CC(CC(C3)C1)C2. The fourth-order valence-corrected chi connectivity index (χ4v) is 5.25. The molecule has 3 nitrogen and oxygen atoms in total. The van der Waals surface area contributed by atoms with Gasteiger partial charge in [-0.2, -0.15) is 0 Å². The fraction of sp³-hybridized carbons (Fsp3) is 0.733. The molecule has 0 radical (unpaired) electrons. The molecule has 4 bridgehead atoms. The molecule has 0 aromatic carbocycles. The van der Waals surface area contributed by atoms with Gasteiger partial charge < -0.3 is 4.74 Å². The molecule has 0 atom stereocenters. The molecule has 4 fully saturated rings. The number of halogens is 1. The monoisotopic (exact) mass is 278 g/mol. The Kier molecular flexibility index (Phi) is 2.73. The summed E-state index contributed by atoms with van der Waals surface area (Å²) in [5.74, 6) is 3.35. The predicted octanol–water partition coefficient (Wildman–Crippen LogP) is 3.73. The van der Waals surface area contributed by atoms with Gasteiger partial charge in [0.25, 0.3) is 5.88 Å². The van der Waals surface area contributed by atoms with Gasteiger partial charge in [-0.3, -0.25) is 0 Å². The first-order valence-corrected chi connectivity index (χ1v) is 7.70. The number of hydrogen-bond donors (Lipinski definition) is 0. The van der Waals surface area contributed by atoms with Gasteiger partial charge in [0, 0.05) is 17.8 Å².